The minimum atomic E-state index is -0.690. The number of aromatic nitrogens is 3. The van der Waals surface area contributed by atoms with Crippen LogP contribution in [0.2, 0.25) is 0 Å². The first-order valence-corrected chi connectivity index (χ1v) is 14.4. The standard InChI is InChI=1S/C33H38N8O3.ClH/c1-22(34)32(43)39-23(2)33(44)38-18-15-24-9-11-25(12-10-24)30-29(31(35)42)14-13-28(40-30)21-41(19-26-7-3-5-16-36-26)20-27-8-4-6-17-37-27;/h3-14,16-17,22-23H,15,18-21,34H2,1-2H3,(H2,35,42)(H,38,44)(H,39,43);1H/t22-,23-;/m1./s1. The highest BCUT2D eigenvalue weighted by Gasteiger charge is 2.18. The van der Waals surface area contributed by atoms with Crippen LogP contribution in [-0.4, -0.2) is 56.2 Å². The number of nitrogens with two attached hydrogens (primary N) is 2. The Labute approximate surface area is 269 Å². The minimum Gasteiger partial charge on any atom is -0.366 e. The van der Waals surface area contributed by atoms with E-state index in [1.165, 1.54) is 0 Å². The monoisotopic (exact) mass is 630 g/mol. The fraction of sp³-hybridized carbons (Fsp3) is 0.273. The molecule has 4 rings (SSSR count). The molecule has 0 spiro atoms. The fourth-order valence-corrected chi connectivity index (χ4v) is 4.57. The van der Waals surface area contributed by atoms with Crippen LogP contribution >= 0.6 is 12.4 Å². The van der Waals surface area contributed by atoms with Crippen LogP contribution in [-0.2, 0) is 35.6 Å². The van der Waals surface area contributed by atoms with E-state index in [1.807, 2.05) is 66.7 Å². The molecule has 11 nitrogen and oxygen atoms in total. The van der Waals surface area contributed by atoms with Crippen LogP contribution < -0.4 is 22.1 Å². The van der Waals surface area contributed by atoms with Gasteiger partial charge in [0.1, 0.15) is 6.04 Å². The van der Waals surface area contributed by atoms with Gasteiger partial charge < -0.3 is 22.1 Å². The van der Waals surface area contributed by atoms with Crippen LogP contribution in [0.15, 0.2) is 85.2 Å². The van der Waals surface area contributed by atoms with Crippen LogP contribution in [0.3, 0.4) is 0 Å². The Hall–Kier alpha value is -4.71. The van der Waals surface area contributed by atoms with E-state index in [0.29, 0.717) is 43.9 Å². The molecule has 0 saturated heterocycles. The van der Waals surface area contributed by atoms with Gasteiger partial charge in [0.15, 0.2) is 0 Å². The van der Waals surface area contributed by atoms with E-state index in [0.717, 1.165) is 28.2 Å². The summed E-state index contributed by atoms with van der Waals surface area (Å²) < 4.78 is 0. The second-order valence-corrected chi connectivity index (χ2v) is 10.6. The van der Waals surface area contributed by atoms with Crippen molar-refractivity contribution < 1.29 is 14.4 Å². The van der Waals surface area contributed by atoms with Crippen LogP contribution in [0.1, 0.15) is 46.9 Å². The highest BCUT2D eigenvalue weighted by molar-refractivity contribution is 5.98. The van der Waals surface area contributed by atoms with Crippen molar-refractivity contribution >= 4 is 30.1 Å². The number of pyridine rings is 3. The molecular weight excluding hydrogens is 592 g/mol. The third kappa shape index (κ3) is 10.5. The summed E-state index contributed by atoms with van der Waals surface area (Å²) in [5.74, 6) is -1.23. The Kier molecular flexibility index (Phi) is 13.1. The molecule has 0 unspecified atom stereocenters. The predicted octanol–water partition coefficient (Wildman–Crippen LogP) is 2.77. The molecular formula is C33H39ClN8O3. The van der Waals surface area contributed by atoms with Gasteiger partial charge in [0.2, 0.25) is 11.8 Å². The van der Waals surface area contributed by atoms with Crippen molar-refractivity contribution in [1.82, 2.24) is 30.5 Å². The summed E-state index contributed by atoms with van der Waals surface area (Å²) in [7, 11) is 0. The van der Waals surface area contributed by atoms with E-state index in [2.05, 4.69) is 25.5 Å². The quantitative estimate of drug-likeness (QED) is 0.165. The number of hydrogen-bond acceptors (Lipinski definition) is 8. The highest BCUT2D eigenvalue weighted by atomic mass is 35.5. The maximum atomic E-state index is 12.3. The van der Waals surface area contributed by atoms with Gasteiger partial charge in [-0.1, -0.05) is 36.4 Å². The molecule has 45 heavy (non-hydrogen) atoms. The number of benzene rings is 1. The molecule has 0 saturated carbocycles. The first-order valence-electron chi connectivity index (χ1n) is 14.4. The van der Waals surface area contributed by atoms with E-state index in [9.17, 15) is 14.4 Å². The average molecular weight is 631 g/mol. The molecule has 0 bridgehead atoms. The molecule has 6 N–H and O–H groups in total. The van der Waals surface area contributed by atoms with E-state index >= 15 is 0 Å². The van der Waals surface area contributed by atoms with E-state index in [4.69, 9.17) is 16.5 Å². The molecule has 4 aromatic rings. The van der Waals surface area contributed by atoms with Gasteiger partial charge in [0.25, 0.3) is 5.91 Å². The number of carbonyl (C=O) groups is 3. The zero-order chi connectivity index (χ0) is 31.5. The minimum absolute atomic E-state index is 0. The van der Waals surface area contributed by atoms with Gasteiger partial charge in [-0.05, 0) is 62.2 Å². The molecule has 2 atom stereocenters. The van der Waals surface area contributed by atoms with Crippen molar-refractivity contribution in [3.05, 3.63) is 113 Å². The Bertz CT molecular complexity index is 1510. The predicted molar refractivity (Wildman–Crippen MR) is 175 cm³/mol. The van der Waals surface area contributed by atoms with Crippen molar-refractivity contribution in [3.8, 4) is 11.3 Å². The molecule has 12 heteroatoms. The largest absolute Gasteiger partial charge is 0.366 e. The molecule has 3 amide bonds. The summed E-state index contributed by atoms with van der Waals surface area (Å²) in [5, 5.41) is 5.40. The molecule has 3 heterocycles. The summed E-state index contributed by atoms with van der Waals surface area (Å²) >= 11 is 0. The molecule has 0 aliphatic heterocycles. The lowest BCUT2D eigenvalue weighted by Crippen LogP contribution is -2.49. The molecule has 1 aromatic carbocycles. The van der Waals surface area contributed by atoms with Crippen molar-refractivity contribution in [2.45, 2.75) is 52.0 Å². The van der Waals surface area contributed by atoms with Crippen LogP contribution in [0.25, 0.3) is 11.3 Å². The fourth-order valence-electron chi connectivity index (χ4n) is 4.57. The number of nitrogens with zero attached hydrogens (tertiary/aromatic N) is 4. The van der Waals surface area contributed by atoms with Crippen molar-refractivity contribution in [1.29, 1.82) is 0 Å². The number of carbonyl (C=O) groups excluding carboxylic acids is 3. The van der Waals surface area contributed by atoms with Crippen LogP contribution in [0, 0.1) is 0 Å². The third-order valence-electron chi connectivity index (χ3n) is 6.93. The maximum absolute atomic E-state index is 12.3. The van der Waals surface area contributed by atoms with Gasteiger partial charge in [-0.2, -0.15) is 0 Å². The second-order valence-electron chi connectivity index (χ2n) is 10.6. The number of hydrogen-bond donors (Lipinski definition) is 4. The summed E-state index contributed by atoms with van der Waals surface area (Å²) in [6.07, 6.45) is 4.12. The molecule has 3 aromatic heterocycles. The highest BCUT2D eigenvalue weighted by Crippen LogP contribution is 2.24. The summed E-state index contributed by atoms with van der Waals surface area (Å²) in [4.78, 5) is 52.4. The van der Waals surface area contributed by atoms with Gasteiger partial charge in [-0.3, -0.25) is 34.2 Å². The van der Waals surface area contributed by atoms with Gasteiger partial charge in [-0.25, -0.2) is 0 Å². The molecule has 236 valence electrons. The smallest absolute Gasteiger partial charge is 0.250 e. The first kappa shape index (κ1) is 34.8. The van der Waals surface area contributed by atoms with Crippen LogP contribution in [0.5, 0.6) is 0 Å². The Morgan fingerprint density at radius 1 is 0.800 bits per heavy atom. The zero-order valence-corrected chi connectivity index (χ0v) is 26.2. The maximum Gasteiger partial charge on any atom is 0.250 e. The van der Waals surface area contributed by atoms with Crippen molar-refractivity contribution in [2.75, 3.05) is 6.54 Å². The van der Waals surface area contributed by atoms with E-state index in [-0.39, 0.29) is 24.2 Å². The number of halogens is 1. The number of nitrogens with one attached hydrogen (secondary N) is 2. The topological polar surface area (TPSA) is 169 Å². The average Bonchev–Trinajstić information content (AvgIpc) is 3.02. The lowest BCUT2D eigenvalue weighted by Gasteiger charge is -2.22. The first-order chi connectivity index (χ1) is 21.2. The zero-order valence-electron chi connectivity index (χ0n) is 25.3. The Morgan fingerprint density at radius 3 is 1.93 bits per heavy atom. The Balaban J connectivity index is 0.00000552. The molecule has 0 radical (unpaired) electrons. The lowest BCUT2D eigenvalue weighted by molar-refractivity contribution is -0.129. The summed E-state index contributed by atoms with van der Waals surface area (Å²) in [6, 6.07) is 21.4. The lowest BCUT2D eigenvalue weighted by atomic mass is 10.0. The molecule has 0 aliphatic carbocycles. The van der Waals surface area contributed by atoms with Crippen LogP contribution in [0.4, 0.5) is 0 Å². The van der Waals surface area contributed by atoms with E-state index < -0.39 is 18.0 Å². The van der Waals surface area contributed by atoms with Gasteiger partial charge in [-0.15, -0.1) is 12.4 Å². The number of rotatable bonds is 14. The molecule has 0 fully saturated rings. The summed E-state index contributed by atoms with van der Waals surface area (Å²) in [6.45, 7) is 5.24. The second kappa shape index (κ2) is 17.0. The molecule has 0 aliphatic rings. The van der Waals surface area contributed by atoms with Crippen molar-refractivity contribution in [2.24, 2.45) is 11.5 Å². The Morgan fingerprint density at radius 2 is 1.40 bits per heavy atom. The van der Waals surface area contributed by atoms with E-state index in [1.54, 1.807) is 32.3 Å². The van der Waals surface area contributed by atoms with Gasteiger partial charge in [0.05, 0.1) is 34.4 Å². The van der Waals surface area contributed by atoms with Gasteiger partial charge >= 0.3 is 0 Å². The number of primary amides is 1. The SMILES string of the molecule is C[C@@H](N)C(=O)N[C@H](C)C(=O)NCCc1ccc(-c2nc(CN(Cc3ccccn3)Cc3ccccn3)ccc2C(N)=O)cc1.Cl. The summed E-state index contributed by atoms with van der Waals surface area (Å²) in [5.41, 5.74) is 16.5. The number of amides is 3. The third-order valence-corrected chi connectivity index (χ3v) is 6.93. The van der Waals surface area contributed by atoms with Gasteiger partial charge in [0, 0.05) is 44.1 Å². The normalized spacial score (nSPS) is 12.1. The van der Waals surface area contributed by atoms with Crippen molar-refractivity contribution in [3.63, 3.8) is 0 Å².